The molecule has 0 saturated carbocycles. The van der Waals surface area contributed by atoms with E-state index in [0.29, 0.717) is 6.42 Å². The first-order chi connectivity index (χ1) is 11.3. The zero-order valence-corrected chi connectivity index (χ0v) is 13.6. The van der Waals surface area contributed by atoms with Gasteiger partial charge in [-0.15, -0.1) is 0 Å². The van der Waals surface area contributed by atoms with Gasteiger partial charge >= 0.3 is 5.97 Å². The minimum absolute atomic E-state index is 0.185. The van der Waals surface area contributed by atoms with Crippen molar-refractivity contribution in [2.24, 2.45) is 11.1 Å². The van der Waals surface area contributed by atoms with Crippen LogP contribution in [0.5, 0.6) is 0 Å². The minimum Gasteiger partial charge on any atom is -0.481 e. The van der Waals surface area contributed by atoms with Gasteiger partial charge in [0.1, 0.15) is 5.82 Å². The zero-order valence-electron chi connectivity index (χ0n) is 13.6. The molecule has 4 nitrogen and oxygen atoms in total. The Labute approximate surface area is 140 Å². The first kappa shape index (κ1) is 18.1. The number of nitrogens with two attached hydrogens (primary N) is 1. The van der Waals surface area contributed by atoms with E-state index in [0.717, 1.165) is 16.7 Å². The van der Waals surface area contributed by atoms with Crippen LogP contribution in [0, 0.1) is 11.2 Å². The van der Waals surface area contributed by atoms with Crippen LogP contribution in [0.15, 0.2) is 48.5 Å². The molecule has 0 fully saturated rings. The fraction of sp³-hybridized carbons (Fsp3) is 0.316. The lowest BCUT2D eigenvalue weighted by molar-refractivity contribution is -0.151. The molecule has 128 valence electrons. The summed E-state index contributed by atoms with van der Waals surface area (Å²) in [7, 11) is 0. The second-order valence-electron chi connectivity index (χ2n) is 6.40. The van der Waals surface area contributed by atoms with E-state index in [9.17, 15) is 19.4 Å². The summed E-state index contributed by atoms with van der Waals surface area (Å²) in [5.74, 6) is -1.34. The molecular weight excluding hydrogens is 309 g/mol. The van der Waals surface area contributed by atoms with Crippen LogP contribution >= 0.6 is 0 Å². The van der Waals surface area contributed by atoms with Crippen molar-refractivity contribution >= 4 is 5.97 Å². The van der Waals surface area contributed by atoms with Crippen molar-refractivity contribution in [1.29, 1.82) is 0 Å². The SMILES string of the molecule is CC(CO)(C[C@H](N)Cc1ccc(-c2cccc(F)c2)cc1)C(=O)O. The van der Waals surface area contributed by atoms with Gasteiger partial charge in [-0.1, -0.05) is 36.4 Å². The Kier molecular flexibility index (Phi) is 5.70. The highest BCUT2D eigenvalue weighted by atomic mass is 19.1. The van der Waals surface area contributed by atoms with Crippen LogP contribution in [-0.4, -0.2) is 28.8 Å². The van der Waals surface area contributed by atoms with Crippen LogP contribution in [-0.2, 0) is 11.2 Å². The van der Waals surface area contributed by atoms with Gasteiger partial charge in [-0.25, -0.2) is 4.39 Å². The van der Waals surface area contributed by atoms with Crippen molar-refractivity contribution in [3.63, 3.8) is 0 Å². The molecule has 0 radical (unpaired) electrons. The molecule has 1 unspecified atom stereocenters. The second kappa shape index (κ2) is 7.55. The zero-order chi connectivity index (χ0) is 17.7. The lowest BCUT2D eigenvalue weighted by atomic mass is 9.83. The summed E-state index contributed by atoms with van der Waals surface area (Å²) in [6, 6.07) is 13.6. The van der Waals surface area contributed by atoms with Crippen LogP contribution in [0.25, 0.3) is 11.1 Å². The predicted octanol–water partition coefficient (Wildman–Crippen LogP) is 2.84. The number of rotatable bonds is 7. The highest BCUT2D eigenvalue weighted by molar-refractivity contribution is 5.74. The molecule has 0 heterocycles. The van der Waals surface area contributed by atoms with E-state index in [2.05, 4.69) is 0 Å². The second-order valence-corrected chi connectivity index (χ2v) is 6.40. The van der Waals surface area contributed by atoms with Gasteiger partial charge in [-0.05, 0) is 48.6 Å². The van der Waals surface area contributed by atoms with E-state index in [4.69, 9.17) is 5.73 Å². The first-order valence-electron chi connectivity index (χ1n) is 7.79. The molecule has 0 spiro atoms. The fourth-order valence-corrected chi connectivity index (χ4v) is 2.67. The summed E-state index contributed by atoms with van der Waals surface area (Å²) in [6.45, 7) is 1.04. The predicted molar refractivity (Wildman–Crippen MR) is 91.0 cm³/mol. The smallest absolute Gasteiger partial charge is 0.311 e. The van der Waals surface area contributed by atoms with Crippen molar-refractivity contribution in [3.8, 4) is 11.1 Å². The van der Waals surface area contributed by atoms with E-state index in [1.165, 1.54) is 19.1 Å². The largest absolute Gasteiger partial charge is 0.481 e. The van der Waals surface area contributed by atoms with Gasteiger partial charge in [0.25, 0.3) is 0 Å². The monoisotopic (exact) mass is 331 g/mol. The van der Waals surface area contributed by atoms with E-state index in [1.807, 2.05) is 30.3 Å². The van der Waals surface area contributed by atoms with Gasteiger partial charge in [-0.3, -0.25) is 4.79 Å². The normalized spacial score (nSPS) is 14.8. The molecule has 0 saturated heterocycles. The average Bonchev–Trinajstić information content (AvgIpc) is 2.55. The van der Waals surface area contributed by atoms with E-state index >= 15 is 0 Å². The van der Waals surface area contributed by atoms with E-state index in [-0.39, 0.29) is 18.3 Å². The maximum Gasteiger partial charge on any atom is 0.311 e. The summed E-state index contributed by atoms with van der Waals surface area (Å²) in [4.78, 5) is 11.2. The maximum absolute atomic E-state index is 13.3. The Morgan fingerprint density at radius 2 is 1.88 bits per heavy atom. The fourth-order valence-electron chi connectivity index (χ4n) is 2.67. The van der Waals surface area contributed by atoms with Crippen LogP contribution < -0.4 is 5.73 Å². The molecule has 0 aromatic heterocycles. The molecule has 5 heteroatoms. The van der Waals surface area contributed by atoms with Gasteiger partial charge in [-0.2, -0.15) is 0 Å². The van der Waals surface area contributed by atoms with Gasteiger partial charge in [0.2, 0.25) is 0 Å². The van der Waals surface area contributed by atoms with Crippen molar-refractivity contribution in [1.82, 2.24) is 0 Å². The number of benzene rings is 2. The summed E-state index contributed by atoms with van der Waals surface area (Å²) in [5, 5.41) is 18.5. The summed E-state index contributed by atoms with van der Waals surface area (Å²) < 4.78 is 13.3. The third-order valence-corrected chi connectivity index (χ3v) is 4.19. The van der Waals surface area contributed by atoms with Gasteiger partial charge < -0.3 is 15.9 Å². The van der Waals surface area contributed by atoms with Crippen LogP contribution in [0.4, 0.5) is 4.39 Å². The Hall–Kier alpha value is -2.24. The molecule has 2 rings (SSSR count). The van der Waals surface area contributed by atoms with Gasteiger partial charge in [0, 0.05) is 6.04 Å². The molecule has 2 aromatic carbocycles. The standard InChI is InChI=1S/C19H22FNO3/c1-19(12-22,18(23)24)11-17(21)9-13-5-7-14(8-6-13)15-3-2-4-16(20)10-15/h2-8,10,17,22H,9,11-12,21H2,1H3,(H,23,24)/t17-,19?/m1/s1. The Balaban J connectivity index is 2.05. The Bertz CT molecular complexity index is 702. The molecule has 0 aliphatic heterocycles. The molecule has 0 bridgehead atoms. The van der Waals surface area contributed by atoms with E-state index < -0.39 is 18.0 Å². The van der Waals surface area contributed by atoms with Gasteiger partial charge in [0.05, 0.1) is 12.0 Å². The van der Waals surface area contributed by atoms with Crippen LogP contribution in [0.3, 0.4) is 0 Å². The van der Waals surface area contributed by atoms with Crippen LogP contribution in [0.2, 0.25) is 0 Å². The maximum atomic E-state index is 13.3. The third kappa shape index (κ3) is 4.40. The molecule has 4 N–H and O–H groups in total. The third-order valence-electron chi connectivity index (χ3n) is 4.19. The highest BCUT2D eigenvalue weighted by Gasteiger charge is 2.34. The van der Waals surface area contributed by atoms with Crippen LogP contribution in [0.1, 0.15) is 18.9 Å². The molecule has 0 aliphatic carbocycles. The van der Waals surface area contributed by atoms with Crippen molar-refractivity contribution in [2.45, 2.75) is 25.8 Å². The minimum atomic E-state index is -1.24. The van der Waals surface area contributed by atoms with Crippen molar-refractivity contribution < 1.29 is 19.4 Å². The number of carboxylic acid groups (broad SMARTS) is 1. The molecule has 2 atom stereocenters. The number of aliphatic hydroxyl groups is 1. The number of carboxylic acids is 1. The number of hydrogen-bond donors (Lipinski definition) is 3. The molecule has 0 amide bonds. The lowest BCUT2D eigenvalue weighted by Gasteiger charge is -2.25. The highest BCUT2D eigenvalue weighted by Crippen LogP contribution is 2.25. The Morgan fingerprint density at radius 1 is 1.21 bits per heavy atom. The average molecular weight is 331 g/mol. The molecular formula is C19H22FNO3. The van der Waals surface area contributed by atoms with Crippen molar-refractivity contribution in [2.75, 3.05) is 6.61 Å². The summed E-state index contributed by atoms with van der Waals surface area (Å²) in [6.07, 6.45) is 0.691. The number of aliphatic carboxylic acids is 1. The van der Waals surface area contributed by atoms with Crippen molar-refractivity contribution in [3.05, 3.63) is 59.9 Å². The van der Waals surface area contributed by atoms with E-state index in [1.54, 1.807) is 6.07 Å². The number of aliphatic hydroxyl groups excluding tert-OH is 1. The molecule has 0 aliphatic rings. The summed E-state index contributed by atoms with van der Waals surface area (Å²) in [5.41, 5.74) is 7.48. The number of hydrogen-bond acceptors (Lipinski definition) is 3. The quantitative estimate of drug-likeness (QED) is 0.728. The lowest BCUT2D eigenvalue weighted by Crippen LogP contribution is -2.39. The Morgan fingerprint density at radius 3 is 2.42 bits per heavy atom. The first-order valence-corrected chi connectivity index (χ1v) is 7.79. The number of halogens is 1. The summed E-state index contributed by atoms with van der Waals surface area (Å²) >= 11 is 0. The molecule has 2 aromatic rings. The topological polar surface area (TPSA) is 83.5 Å². The molecule has 24 heavy (non-hydrogen) atoms. The van der Waals surface area contributed by atoms with Gasteiger partial charge in [0.15, 0.2) is 0 Å². The number of carbonyl (C=O) groups is 1.